The normalized spacial score (nSPS) is 17.5. The fourth-order valence-corrected chi connectivity index (χ4v) is 5.02. The van der Waals surface area contributed by atoms with Crippen molar-refractivity contribution in [1.82, 2.24) is 10.3 Å². The summed E-state index contributed by atoms with van der Waals surface area (Å²) in [5.74, 6) is 8.24. The number of urea groups is 1. The molecule has 0 aromatic heterocycles. The van der Waals surface area contributed by atoms with Crippen LogP contribution in [0.2, 0.25) is 0 Å². The maximum Gasteiger partial charge on any atom is 0.337 e. The highest BCUT2D eigenvalue weighted by Crippen LogP contribution is 2.42. The van der Waals surface area contributed by atoms with E-state index in [0.29, 0.717) is 17.4 Å². The first-order valence-electron chi connectivity index (χ1n) is 9.36. The Balaban J connectivity index is 1.94. The van der Waals surface area contributed by atoms with Crippen molar-refractivity contribution in [2.24, 2.45) is 11.8 Å². The van der Waals surface area contributed by atoms with Gasteiger partial charge in [0.2, 0.25) is 0 Å². The van der Waals surface area contributed by atoms with Crippen molar-refractivity contribution < 1.29 is 9.59 Å². The molecule has 1 aliphatic rings. The average Bonchev–Trinajstić information content (AvgIpc) is 3.16. The van der Waals surface area contributed by atoms with Crippen LogP contribution in [0.1, 0.15) is 31.7 Å². The van der Waals surface area contributed by atoms with Crippen LogP contribution in [0, 0.1) is 5.92 Å². The summed E-state index contributed by atoms with van der Waals surface area (Å²) in [7, 11) is 0. The second-order valence-corrected chi connectivity index (χ2v) is 8.40. The number of carbonyl (C=O) groups excluding carboxylic acids is 2. The maximum atomic E-state index is 12.3. The summed E-state index contributed by atoms with van der Waals surface area (Å²) in [6.07, 6.45) is 0.892. The first kappa shape index (κ1) is 20.2. The van der Waals surface area contributed by atoms with Crippen LogP contribution in [-0.4, -0.2) is 28.0 Å². The summed E-state index contributed by atoms with van der Waals surface area (Å²) in [6.45, 7) is 4.32. The molecule has 0 aliphatic carbocycles. The van der Waals surface area contributed by atoms with Gasteiger partial charge in [-0.05, 0) is 29.0 Å². The lowest BCUT2D eigenvalue weighted by Gasteiger charge is -2.31. The summed E-state index contributed by atoms with van der Waals surface area (Å²) >= 11 is 1.58. The number of nitrogens with zero attached hydrogens (tertiary/aromatic N) is 1. The fraction of sp³-hybridized carbons (Fsp3) is 0.318. The molecular weight excluding hydrogens is 370 g/mol. The standard InChI is InChI=1S/C22H25N3O2S/c1-15(2)12-20(21-25(22(27)24-23)19(13-26)14-28-21)18-10-8-17(9-11-18)16-6-4-3-5-7-16/h3-11,15,20-21H,12,14,23H2,1-2H3,(H,24,27). The molecule has 1 aliphatic heterocycles. The molecule has 2 amide bonds. The van der Waals surface area contributed by atoms with Gasteiger partial charge in [0, 0.05) is 11.7 Å². The largest absolute Gasteiger partial charge is 0.337 e. The number of benzene rings is 2. The van der Waals surface area contributed by atoms with Crippen molar-refractivity contribution in [3.8, 4) is 11.1 Å². The van der Waals surface area contributed by atoms with Crippen LogP contribution in [0.25, 0.3) is 11.1 Å². The van der Waals surface area contributed by atoms with Crippen LogP contribution in [0.15, 0.2) is 60.3 Å². The van der Waals surface area contributed by atoms with E-state index in [1.54, 1.807) is 11.8 Å². The van der Waals surface area contributed by atoms with E-state index < -0.39 is 6.03 Å². The monoisotopic (exact) mass is 395 g/mol. The van der Waals surface area contributed by atoms with Gasteiger partial charge in [0.25, 0.3) is 0 Å². The summed E-state index contributed by atoms with van der Waals surface area (Å²) < 4.78 is 0. The molecular formula is C22H25N3O2S. The van der Waals surface area contributed by atoms with Gasteiger partial charge < -0.3 is 0 Å². The lowest BCUT2D eigenvalue weighted by molar-refractivity contribution is 0.204. The molecule has 1 saturated heterocycles. The van der Waals surface area contributed by atoms with Crippen molar-refractivity contribution in [3.05, 3.63) is 65.9 Å². The number of amides is 2. The van der Waals surface area contributed by atoms with E-state index in [9.17, 15) is 9.59 Å². The number of hydrogen-bond donors (Lipinski definition) is 2. The van der Waals surface area contributed by atoms with E-state index in [1.807, 2.05) is 24.1 Å². The fourth-order valence-electron chi connectivity index (χ4n) is 3.62. The Morgan fingerprint density at radius 2 is 1.82 bits per heavy atom. The number of hydrogen-bond acceptors (Lipinski definition) is 4. The number of nitrogens with two attached hydrogens (primary N) is 1. The highest BCUT2D eigenvalue weighted by atomic mass is 32.2. The quantitative estimate of drug-likeness (QED) is 0.345. The Kier molecular flexibility index (Phi) is 6.57. The number of rotatable bonds is 5. The average molecular weight is 396 g/mol. The number of thioether (sulfide) groups is 1. The van der Waals surface area contributed by atoms with Gasteiger partial charge >= 0.3 is 6.03 Å². The van der Waals surface area contributed by atoms with Gasteiger partial charge in [0.05, 0.1) is 5.37 Å². The molecule has 2 aromatic carbocycles. The third-order valence-electron chi connectivity index (χ3n) is 4.91. The Morgan fingerprint density at radius 3 is 2.39 bits per heavy atom. The molecule has 3 N–H and O–H groups in total. The molecule has 0 radical (unpaired) electrons. The number of carbonyl (C=O) groups is 1. The highest BCUT2D eigenvalue weighted by Gasteiger charge is 2.40. The Labute approximate surface area is 170 Å². The minimum atomic E-state index is -0.469. The number of hydrazine groups is 1. The van der Waals surface area contributed by atoms with Gasteiger partial charge in [-0.2, -0.15) is 0 Å². The van der Waals surface area contributed by atoms with Crippen molar-refractivity contribution in [1.29, 1.82) is 0 Å². The predicted molar refractivity (Wildman–Crippen MR) is 114 cm³/mol. The molecule has 6 heteroatoms. The van der Waals surface area contributed by atoms with Crippen molar-refractivity contribution in [2.75, 3.05) is 5.75 Å². The van der Waals surface area contributed by atoms with E-state index >= 15 is 0 Å². The van der Waals surface area contributed by atoms with Gasteiger partial charge in [-0.3, -0.25) is 10.3 Å². The Morgan fingerprint density at radius 1 is 1.18 bits per heavy atom. The van der Waals surface area contributed by atoms with Crippen LogP contribution < -0.4 is 11.3 Å². The summed E-state index contributed by atoms with van der Waals surface area (Å²) in [5.41, 5.74) is 5.97. The smallest absolute Gasteiger partial charge is 0.275 e. The van der Waals surface area contributed by atoms with Crippen molar-refractivity contribution in [2.45, 2.75) is 31.6 Å². The Hall–Kier alpha value is -2.53. The van der Waals surface area contributed by atoms with Crippen LogP contribution in [0.3, 0.4) is 0 Å². The molecule has 28 heavy (non-hydrogen) atoms. The zero-order valence-corrected chi connectivity index (χ0v) is 16.9. The molecule has 0 saturated carbocycles. The summed E-state index contributed by atoms with van der Waals surface area (Å²) in [6, 6.07) is 18.2. The van der Waals surface area contributed by atoms with E-state index in [4.69, 9.17) is 5.84 Å². The van der Waals surface area contributed by atoms with E-state index in [2.05, 4.69) is 55.7 Å². The van der Waals surface area contributed by atoms with E-state index in [1.165, 1.54) is 10.5 Å². The van der Waals surface area contributed by atoms with Crippen molar-refractivity contribution in [3.63, 3.8) is 0 Å². The topological polar surface area (TPSA) is 75.4 Å². The minimum Gasteiger partial charge on any atom is -0.275 e. The van der Waals surface area contributed by atoms with Crippen LogP contribution in [0.4, 0.5) is 4.79 Å². The lowest BCUT2D eigenvalue weighted by Crippen LogP contribution is -2.46. The molecule has 2 unspecified atom stereocenters. The maximum absolute atomic E-state index is 12.3. The zero-order chi connectivity index (χ0) is 20.1. The van der Waals surface area contributed by atoms with Gasteiger partial charge in [0.15, 0.2) is 0 Å². The van der Waals surface area contributed by atoms with Gasteiger partial charge in [0.1, 0.15) is 11.6 Å². The van der Waals surface area contributed by atoms with E-state index in [-0.39, 0.29) is 11.3 Å². The minimum absolute atomic E-state index is 0.0815. The Bertz CT molecular complexity index is 861. The highest BCUT2D eigenvalue weighted by molar-refractivity contribution is 8.00. The zero-order valence-electron chi connectivity index (χ0n) is 16.1. The van der Waals surface area contributed by atoms with Crippen molar-refractivity contribution >= 4 is 23.7 Å². The van der Waals surface area contributed by atoms with E-state index in [0.717, 1.165) is 17.5 Å². The molecule has 0 spiro atoms. The SMILES string of the molecule is CC(C)CC(c1ccc(-c2ccccc2)cc1)C1SCC(=C=O)N1C(=O)NN. The predicted octanol–water partition coefficient (Wildman–Crippen LogP) is 4.16. The lowest BCUT2D eigenvalue weighted by atomic mass is 9.88. The van der Waals surface area contributed by atoms with Gasteiger partial charge in [-0.1, -0.05) is 68.4 Å². The first-order chi connectivity index (χ1) is 13.5. The first-order valence-corrected chi connectivity index (χ1v) is 10.4. The third kappa shape index (κ3) is 4.30. The van der Waals surface area contributed by atoms with Gasteiger partial charge in [-0.15, -0.1) is 11.8 Å². The second kappa shape index (κ2) is 9.11. The summed E-state index contributed by atoms with van der Waals surface area (Å²) in [4.78, 5) is 25.1. The van der Waals surface area contributed by atoms with Crippen LogP contribution >= 0.6 is 11.8 Å². The molecule has 1 fully saturated rings. The van der Waals surface area contributed by atoms with Crippen LogP contribution in [0.5, 0.6) is 0 Å². The molecule has 5 nitrogen and oxygen atoms in total. The number of nitrogens with one attached hydrogen (secondary N) is 1. The second-order valence-electron chi connectivity index (χ2n) is 7.29. The molecule has 2 aromatic rings. The third-order valence-corrected chi connectivity index (χ3v) is 6.23. The van der Waals surface area contributed by atoms with Gasteiger partial charge in [-0.25, -0.2) is 15.4 Å². The molecule has 2 atom stereocenters. The summed E-state index contributed by atoms with van der Waals surface area (Å²) in [5, 5.41) is -0.190. The molecule has 146 valence electrons. The molecule has 0 bridgehead atoms. The van der Waals surface area contributed by atoms with Crippen LogP contribution in [-0.2, 0) is 4.79 Å². The molecule has 1 heterocycles. The molecule has 3 rings (SSSR count).